The Labute approximate surface area is 200 Å². The molecular weight excluding hydrogens is 444 g/mol. The Bertz CT molecular complexity index is 926. The second-order valence-corrected chi connectivity index (χ2v) is 9.64. The van der Waals surface area contributed by atoms with Gasteiger partial charge in [-0.25, -0.2) is 0 Å². The summed E-state index contributed by atoms with van der Waals surface area (Å²) in [5.41, 5.74) is 1.28. The van der Waals surface area contributed by atoms with Crippen molar-refractivity contribution in [2.45, 2.75) is 46.7 Å². The molecule has 2 N–H and O–H groups in total. The van der Waals surface area contributed by atoms with Crippen LogP contribution < -0.4 is 5.32 Å². The molecule has 0 spiro atoms. The summed E-state index contributed by atoms with van der Waals surface area (Å²) < 4.78 is 5.29. The number of rotatable bonds is 7. The first kappa shape index (κ1) is 25.2. The van der Waals surface area contributed by atoms with Crippen LogP contribution in [-0.2, 0) is 19.1 Å². The summed E-state index contributed by atoms with van der Waals surface area (Å²) in [7, 11) is 0. The van der Waals surface area contributed by atoms with Gasteiger partial charge in [0.15, 0.2) is 0 Å². The van der Waals surface area contributed by atoms with Crippen LogP contribution in [0.5, 0.6) is 0 Å². The van der Waals surface area contributed by atoms with Crippen LogP contribution in [0.1, 0.15) is 33.3 Å². The Kier molecular flexibility index (Phi) is 7.85. The second-order valence-electron chi connectivity index (χ2n) is 9.23. The van der Waals surface area contributed by atoms with Crippen molar-refractivity contribution in [3.05, 3.63) is 40.9 Å². The van der Waals surface area contributed by atoms with E-state index in [1.165, 1.54) is 4.90 Å². The van der Waals surface area contributed by atoms with E-state index in [-0.39, 0.29) is 31.0 Å². The molecule has 2 aliphatic rings. The third-order valence-corrected chi connectivity index (χ3v) is 7.14. The van der Waals surface area contributed by atoms with Crippen LogP contribution in [0.3, 0.4) is 0 Å². The predicted octanol–water partition coefficient (Wildman–Crippen LogP) is 3.43. The minimum absolute atomic E-state index is 0.0982. The number of nitrogens with zero attached hydrogens (tertiary/aromatic N) is 1. The second kappa shape index (κ2) is 10.3. The normalized spacial score (nSPS) is 27.5. The molecule has 1 aromatic carbocycles. The summed E-state index contributed by atoms with van der Waals surface area (Å²) in [4.78, 5) is 41.8. The molecule has 0 saturated carbocycles. The van der Waals surface area contributed by atoms with Gasteiger partial charge in [-0.3, -0.25) is 14.4 Å². The van der Waals surface area contributed by atoms with Crippen LogP contribution in [0.4, 0.5) is 5.69 Å². The van der Waals surface area contributed by atoms with E-state index in [4.69, 9.17) is 16.3 Å². The molecule has 6 atom stereocenters. The van der Waals surface area contributed by atoms with Crippen LogP contribution in [0.25, 0.3) is 0 Å². The van der Waals surface area contributed by atoms with Crippen molar-refractivity contribution in [2.24, 2.45) is 29.6 Å². The number of allylic oxidation sites excluding steroid dienone is 1. The molecule has 0 bridgehead atoms. The number of benzene rings is 1. The third-order valence-electron chi connectivity index (χ3n) is 6.82. The maximum atomic E-state index is 13.8. The van der Waals surface area contributed by atoms with Crippen molar-refractivity contribution in [1.82, 2.24) is 4.90 Å². The van der Waals surface area contributed by atoms with Crippen LogP contribution in [-0.4, -0.2) is 53.1 Å². The summed E-state index contributed by atoms with van der Waals surface area (Å²) in [6.07, 6.45) is 3.74. The third kappa shape index (κ3) is 4.66. The van der Waals surface area contributed by atoms with Gasteiger partial charge >= 0.3 is 5.97 Å². The molecular formula is C25H33ClN2O5. The van der Waals surface area contributed by atoms with Crippen molar-refractivity contribution >= 4 is 35.1 Å². The highest BCUT2D eigenvalue weighted by molar-refractivity contribution is 6.34. The lowest BCUT2D eigenvalue weighted by Gasteiger charge is -2.35. The fraction of sp³-hybridized carbons (Fsp3) is 0.560. The number of fused-ring (bicyclic) bond motifs is 1. The molecule has 1 fully saturated rings. The molecule has 3 rings (SSSR count). The minimum Gasteiger partial charge on any atom is -0.466 e. The Hall–Kier alpha value is -2.38. The summed E-state index contributed by atoms with van der Waals surface area (Å²) in [6.45, 7) is 9.15. The predicted molar refractivity (Wildman–Crippen MR) is 127 cm³/mol. The highest BCUT2D eigenvalue weighted by Gasteiger charge is 2.58. The van der Waals surface area contributed by atoms with E-state index in [9.17, 15) is 19.5 Å². The monoisotopic (exact) mass is 476 g/mol. The van der Waals surface area contributed by atoms with E-state index in [0.717, 1.165) is 5.56 Å². The lowest BCUT2D eigenvalue weighted by Crippen LogP contribution is -2.52. The number of nitrogens with one attached hydrogen (secondary N) is 1. The van der Waals surface area contributed by atoms with Gasteiger partial charge < -0.3 is 20.1 Å². The first-order valence-corrected chi connectivity index (χ1v) is 11.9. The highest BCUT2D eigenvalue weighted by atomic mass is 35.5. The first-order chi connectivity index (χ1) is 15.6. The summed E-state index contributed by atoms with van der Waals surface area (Å²) in [6, 6.07) is 3.86. The van der Waals surface area contributed by atoms with E-state index in [0.29, 0.717) is 10.7 Å². The van der Waals surface area contributed by atoms with Crippen molar-refractivity contribution < 1.29 is 24.2 Å². The lowest BCUT2D eigenvalue weighted by molar-refractivity contribution is -0.156. The van der Waals surface area contributed by atoms with Crippen LogP contribution in [0, 0.1) is 36.5 Å². The highest BCUT2D eigenvalue weighted by Crippen LogP contribution is 2.46. The fourth-order valence-electron chi connectivity index (χ4n) is 5.10. The molecule has 1 heterocycles. The summed E-state index contributed by atoms with van der Waals surface area (Å²) >= 11 is 6.33. The van der Waals surface area contributed by atoms with Crippen LogP contribution in [0.2, 0.25) is 5.02 Å². The molecule has 180 valence electrons. The van der Waals surface area contributed by atoms with Crippen molar-refractivity contribution in [3.63, 3.8) is 0 Å². The molecule has 2 amide bonds. The number of amides is 2. The minimum atomic E-state index is -0.890. The van der Waals surface area contributed by atoms with Gasteiger partial charge in [0.1, 0.15) is 6.04 Å². The molecule has 33 heavy (non-hydrogen) atoms. The summed E-state index contributed by atoms with van der Waals surface area (Å²) in [5, 5.41) is 13.4. The zero-order chi connectivity index (χ0) is 24.4. The number of halogens is 1. The van der Waals surface area contributed by atoms with E-state index in [1.54, 1.807) is 19.1 Å². The quantitative estimate of drug-likeness (QED) is 0.464. The standard InChI is InChI=1S/C25H33ClN2O5/c1-6-33-25(32)19-14(4)10-11-16-20(19)24(31)28(18(12-29)13(2)3)22(16)23(30)27-21-15(5)8-7-9-17(21)26/h7-11,13-14,16,18-20,22,29H,6,12H2,1-5H3,(H,27,30)/t14-,16+,18+,19-,20-,22+/m1/s1. The van der Waals surface area contributed by atoms with Crippen molar-refractivity contribution in [3.8, 4) is 0 Å². The number of hydrogen-bond donors (Lipinski definition) is 2. The zero-order valence-electron chi connectivity index (χ0n) is 19.7. The molecule has 0 aromatic heterocycles. The van der Waals surface area contributed by atoms with Gasteiger partial charge in [-0.15, -0.1) is 0 Å². The van der Waals surface area contributed by atoms with Crippen molar-refractivity contribution in [1.29, 1.82) is 0 Å². The van der Waals surface area contributed by atoms with Gasteiger partial charge in [0.25, 0.3) is 0 Å². The molecule has 1 saturated heterocycles. The van der Waals surface area contributed by atoms with Crippen LogP contribution in [0.15, 0.2) is 30.4 Å². The lowest BCUT2D eigenvalue weighted by atomic mass is 9.70. The van der Waals surface area contributed by atoms with Gasteiger partial charge in [0.2, 0.25) is 11.8 Å². The Morgan fingerprint density at radius 2 is 1.97 bits per heavy atom. The largest absolute Gasteiger partial charge is 0.466 e. The van der Waals surface area contributed by atoms with Gasteiger partial charge in [0.05, 0.1) is 41.8 Å². The number of hydrogen-bond acceptors (Lipinski definition) is 5. The molecule has 1 aliphatic heterocycles. The number of aliphatic hydroxyl groups excluding tert-OH is 1. The molecule has 1 aliphatic carbocycles. The zero-order valence-corrected chi connectivity index (χ0v) is 20.5. The van der Waals surface area contributed by atoms with E-state index >= 15 is 0 Å². The van der Waals surface area contributed by atoms with Gasteiger partial charge in [-0.05, 0) is 37.3 Å². The molecule has 0 radical (unpaired) electrons. The molecule has 8 heteroatoms. The number of carbonyl (C=O) groups excluding carboxylic acids is 3. The number of aliphatic hydroxyl groups is 1. The first-order valence-electron chi connectivity index (χ1n) is 11.5. The van der Waals surface area contributed by atoms with Gasteiger partial charge in [-0.2, -0.15) is 0 Å². The summed E-state index contributed by atoms with van der Waals surface area (Å²) in [5.74, 6) is -3.41. The van der Waals surface area contributed by atoms with Gasteiger partial charge in [0, 0.05) is 5.92 Å². The van der Waals surface area contributed by atoms with Crippen molar-refractivity contribution in [2.75, 3.05) is 18.5 Å². The average molecular weight is 477 g/mol. The topological polar surface area (TPSA) is 95.9 Å². The average Bonchev–Trinajstić information content (AvgIpc) is 3.03. The molecule has 0 unspecified atom stereocenters. The fourth-order valence-corrected chi connectivity index (χ4v) is 5.37. The van der Waals surface area contributed by atoms with Gasteiger partial charge in [-0.1, -0.05) is 56.7 Å². The number of ether oxygens (including phenoxy) is 1. The number of aryl methyl sites for hydroxylation is 1. The number of esters is 1. The van der Waals surface area contributed by atoms with E-state index < -0.39 is 41.7 Å². The van der Waals surface area contributed by atoms with E-state index in [1.807, 2.05) is 45.9 Å². The number of para-hydroxylation sites is 1. The number of likely N-dealkylation sites (tertiary alicyclic amines) is 1. The molecule has 1 aromatic rings. The maximum absolute atomic E-state index is 13.8. The Morgan fingerprint density at radius 1 is 1.27 bits per heavy atom. The smallest absolute Gasteiger partial charge is 0.310 e. The Balaban J connectivity index is 2.06. The molecule has 7 nitrogen and oxygen atoms in total. The number of carbonyl (C=O) groups is 3. The maximum Gasteiger partial charge on any atom is 0.310 e. The number of anilines is 1. The van der Waals surface area contributed by atoms with Crippen LogP contribution >= 0.6 is 11.6 Å². The SMILES string of the molecule is CCOC(=O)[C@H]1[C@@H]2C(=O)N([C@@H](CO)C(C)C)[C@H](C(=O)Nc3c(C)cccc3Cl)[C@H]2C=C[C@H]1C. The van der Waals surface area contributed by atoms with E-state index in [2.05, 4.69) is 5.32 Å². The Morgan fingerprint density at radius 3 is 2.55 bits per heavy atom.